The largest absolute Gasteiger partial charge is 0.326 e. The normalized spacial score (nSPS) is 16.2. The van der Waals surface area contributed by atoms with Gasteiger partial charge in [0, 0.05) is 17.1 Å². The Hall–Kier alpha value is -2.06. The first kappa shape index (κ1) is 16.4. The monoisotopic (exact) mass is 350 g/mol. The summed E-state index contributed by atoms with van der Waals surface area (Å²) in [5.41, 5.74) is 5.07. The van der Waals surface area contributed by atoms with Gasteiger partial charge in [0.05, 0.1) is 18.1 Å². The molecule has 1 saturated carbocycles. The predicted molar refractivity (Wildman–Crippen MR) is 103 cm³/mol. The third-order valence-electron chi connectivity index (χ3n) is 5.36. The van der Waals surface area contributed by atoms with Crippen LogP contribution in [0.15, 0.2) is 61.1 Å². The van der Waals surface area contributed by atoms with Crippen molar-refractivity contribution >= 4 is 11.6 Å². The van der Waals surface area contributed by atoms with Gasteiger partial charge in [0.2, 0.25) is 0 Å². The number of benzene rings is 2. The molecule has 1 fully saturated rings. The number of nitrogens with zero attached hydrogens (tertiary/aromatic N) is 2. The fourth-order valence-electron chi connectivity index (χ4n) is 3.98. The van der Waals surface area contributed by atoms with Crippen LogP contribution < -0.4 is 0 Å². The molecule has 0 amide bonds. The van der Waals surface area contributed by atoms with E-state index in [-0.39, 0.29) is 6.04 Å². The van der Waals surface area contributed by atoms with Crippen LogP contribution in [0.2, 0.25) is 5.02 Å². The number of hydrogen-bond acceptors (Lipinski definition) is 1. The average Bonchev–Trinajstić information content (AvgIpc) is 3.30. The van der Waals surface area contributed by atoms with E-state index >= 15 is 0 Å². The van der Waals surface area contributed by atoms with Gasteiger partial charge in [0.1, 0.15) is 0 Å². The molecule has 128 valence electrons. The first-order chi connectivity index (χ1) is 12.2. The second kappa shape index (κ2) is 7.05. The molecule has 1 aliphatic rings. The molecule has 1 heterocycles. The third-order valence-corrected chi connectivity index (χ3v) is 5.61. The van der Waals surface area contributed by atoms with E-state index in [0.29, 0.717) is 5.92 Å². The van der Waals surface area contributed by atoms with Gasteiger partial charge in [-0.1, -0.05) is 60.8 Å². The molecule has 1 atom stereocenters. The van der Waals surface area contributed by atoms with E-state index in [0.717, 1.165) is 5.02 Å². The van der Waals surface area contributed by atoms with Gasteiger partial charge in [-0.3, -0.25) is 0 Å². The first-order valence-corrected chi connectivity index (χ1v) is 9.44. The van der Waals surface area contributed by atoms with Gasteiger partial charge in [0.25, 0.3) is 0 Å². The third kappa shape index (κ3) is 3.36. The molecule has 0 spiro atoms. The Labute approximate surface area is 154 Å². The quantitative estimate of drug-likeness (QED) is 0.552. The van der Waals surface area contributed by atoms with E-state index in [1.165, 1.54) is 48.1 Å². The Bertz CT molecular complexity index is 844. The van der Waals surface area contributed by atoms with Crippen LogP contribution in [0.1, 0.15) is 60.0 Å². The van der Waals surface area contributed by atoms with E-state index in [2.05, 4.69) is 54.1 Å². The summed E-state index contributed by atoms with van der Waals surface area (Å²) in [6.07, 6.45) is 9.45. The van der Waals surface area contributed by atoms with Gasteiger partial charge in [0.15, 0.2) is 0 Å². The van der Waals surface area contributed by atoms with Crippen molar-refractivity contribution in [3.05, 3.63) is 88.5 Å². The van der Waals surface area contributed by atoms with Crippen LogP contribution in [0.5, 0.6) is 0 Å². The van der Waals surface area contributed by atoms with Crippen molar-refractivity contribution in [2.75, 3.05) is 0 Å². The minimum absolute atomic E-state index is 0.126. The molecule has 1 aliphatic carbocycles. The predicted octanol–water partition coefficient (Wildman–Crippen LogP) is 6.14. The first-order valence-electron chi connectivity index (χ1n) is 9.07. The Morgan fingerprint density at radius 2 is 1.76 bits per heavy atom. The fourth-order valence-corrected chi connectivity index (χ4v) is 4.10. The van der Waals surface area contributed by atoms with Gasteiger partial charge < -0.3 is 4.57 Å². The lowest BCUT2D eigenvalue weighted by Crippen LogP contribution is -2.12. The number of hydrogen-bond donors (Lipinski definition) is 0. The van der Waals surface area contributed by atoms with Crippen molar-refractivity contribution in [1.29, 1.82) is 0 Å². The molecule has 3 aromatic rings. The summed E-state index contributed by atoms with van der Waals surface area (Å²) in [5, 5.41) is 0.768. The van der Waals surface area contributed by atoms with Crippen molar-refractivity contribution in [2.45, 2.75) is 44.6 Å². The molecule has 0 radical (unpaired) electrons. The fraction of sp³-hybridized carbons (Fsp3) is 0.318. The molecule has 1 aromatic heterocycles. The second-order valence-corrected chi connectivity index (χ2v) is 7.47. The number of halogens is 1. The lowest BCUT2D eigenvalue weighted by atomic mass is 9.95. The topological polar surface area (TPSA) is 17.8 Å². The molecule has 1 unspecified atom stereocenters. The van der Waals surface area contributed by atoms with E-state index in [4.69, 9.17) is 16.6 Å². The van der Waals surface area contributed by atoms with Gasteiger partial charge >= 0.3 is 0 Å². The zero-order valence-corrected chi connectivity index (χ0v) is 15.3. The molecule has 0 saturated heterocycles. The number of rotatable bonds is 4. The maximum atomic E-state index is 6.11. The highest BCUT2D eigenvalue weighted by Crippen LogP contribution is 2.35. The van der Waals surface area contributed by atoms with Crippen LogP contribution in [0.25, 0.3) is 0 Å². The number of aromatic nitrogens is 2. The molecule has 4 rings (SSSR count). The molecule has 25 heavy (non-hydrogen) atoms. The summed E-state index contributed by atoms with van der Waals surface area (Å²) >= 11 is 6.11. The van der Waals surface area contributed by atoms with Crippen molar-refractivity contribution in [1.82, 2.24) is 9.55 Å². The summed E-state index contributed by atoms with van der Waals surface area (Å²) in [6.45, 7) is 2.17. The highest BCUT2D eigenvalue weighted by molar-refractivity contribution is 6.30. The molecule has 0 N–H and O–H groups in total. The standard InChI is InChI=1S/C22H23ClN2/c1-16-6-2-5-9-20(16)22(18-10-12-19(23)13-11-18)25-14-21(24-15-25)17-7-3-4-8-17/h2,5-6,9-15,17,22H,3-4,7-8H2,1H3. The van der Waals surface area contributed by atoms with Crippen molar-refractivity contribution < 1.29 is 0 Å². The SMILES string of the molecule is Cc1ccccc1C(c1ccc(Cl)cc1)n1cnc(C2CCCC2)c1. The highest BCUT2D eigenvalue weighted by atomic mass is 35.5. The maximum Gasteiger partial charge on any atom is 0.0958 e. The van der Waals surface area contributed by atoms with Crippen LogP contribution >= 0.6 is 11.6 Å². The molecule has 2 nitrogen and oxygen atoms in total. The maximum absolute atomic E-state index is 6.11. The van der Waals surface area contributed by atoms with Crippen LogP contribution in [0.4, 0.5) is 0 Å². The smallest absolute Gasteiger partial charge is 0.0958 e. The van der Waals surface area contributed by atoms with Crippen molar-refractivity contribution in [2.24, 2.45) is 0 Å². The van der Waals surface area contributed by atoms with Crippen LogP contribution in [-0.4, -0.2) is 9.55 Å². The Morgan fingerprint density at radius 3 is 2.48 bits per heavy atom. The minimum Gasteiger partial charge on any atom is -0.326 e. The van der Waals surface area contributed by atoms with Gasteiger partial charge in [-0.2, -0.15) is 0 Å². The van der Waals surface area contributed by atoms with Gasteiger partial charge in [-0.15, -0.1) is 0 Å². The lowest BCUT2D eigenvalue weighted by Gasteiger charge is -2.22. The molecule has 2 aromatic carbocycles. The summed E-state index contributed by atoms with van der Waals surface area (Å²) in [5.74, 6) is 0.629. The average molecular weight is 351 g/mol. The molecule has 3 heteroatoms. The summed E-state index contributed by atoms with van der Waals surface area (Å²) < 4.78 is 2.26. The van der Waals surface area contributed by atoms with Crippen LogP contribution in [0, 0.1) is 6.92 Å². The summed E-state index contributed by atoms with van der Waals surface area (Å²) in [7, 11) is 0. The van der Waals surface area contributed by atoms with E-state index < -0.39 is 0 Å². The van der Waals surface area contributed by atoms with E-state index in [9.17, 15) is 0 Å². The Balaban J connectivity index is 1.77. The minimum atomic E-state index is 0.126. The summed E-state index contributed by atoms with van der Waals surface area (Å²) in [4.78, 5) is 4.75. The summed E-state index contributed by atoms with van der Waals surface area (Å²) in [6, 6.07) is 16.9. The second-order valence-electron chi connectivity index (χ2n) is 7.04. The molecule has 0 bridgehead atoms. The lowest BCUT2D eigenvalue weighted by molar-refractivity contribution is 0.665. The Morgan fingerprint density at radius 1 is 1.04 bits per heavy atom. The van der Waals surface area contributed by atoms with Crippen LogP contribution in [0.3, 0.4) is 0 Å². The number of imidazole rings is 1. The van der Waals surface area contributed by atoms with Crippen molar-refractivity contribution in [3.8, 4) is 0 Å². The zero-order valence-electron chi connectivity index (χ0n) is 14.5. The van der Waals surface area contributed by atoms with Gasteiger partial charge in [-0.05, 0) is 48.6 Å². The Kier molecular flexibility index (Phi) is 4.63. The van der Waals surface area contributed by atoms with E-state index in [1.807, 2.05) is 18.5 Å². The van der Waals surface area contributed by atoms with Crippen molar-refractivity contribution in [3.63, 3.8) is 0 Å². The highest BCUT2D eigenvalue weighted by Gasteiger charge is 2.23. The van der Waals surface area contributed by atoms with E-state index in [1.54, 1.807) is 0 Å². The molecular weight excluding hydrogens is 328 g/mol. The van der Waals surface area contributed by atoms with Gasteiger partial charge in [-0.25, -0.2) is 4.98 Å². The molecule has 0 aliphatic heterocycles. The van der Waals surface area contributed by atoms with Crippen LogP contribution in [-0.2, 0) is 0 Å². The molecular formula is C22H23ClN2. The zero-order chi connectivity index (χ0) is 17.2. The number of aryl methyl sites for hydroxylation is 1.